The van der Waals surface area contributed by atoms with Gasteiger partial charge < -0.3 is 35.0 Å². The van der Waals surface area contributed by atoms with Crippen LogP contribution in [0.2, 0.25) is 0 Å². The number of carboxylic acids is 1. The number of rotatable bonds is 9. The number of phenols is 3. The molecule has 5 fully saturated rings. The Kier molecular flexibility index (Phi) is 10.7. The van der Waals surface area contributed by atoms with Gasteiger partial charge in [0.15, 0.2) is 11.5 Å². The molecule has 11 atom stereocenters. The van der Waals surface area contributed by atoms with E-state index in [0.29, 0.717) is 36.8 Å². The average Bonchev–Trinajstić information content (AvgIpc) is 3.58. The van der Waals surface area contributed by atoms with Gasteiger partial charge in [-0.05, 0) is 153 Å². The van der Waals surface area contributed by atoms with Gasteiger partial charge in [-0.15, -0.1) is 0 Å². The lowest BCUT2D eigenvalue weighted by atomic mass is 9.32. The third-order valence-electron chi connectivity index (χ3n) is 16.5. The minimum absolute atomic E-state index is 0.0203. The highest BCUT2D eigenvalue weighted by Gasteiger charge is 2.74. The normalized spacial score (nSPS) is 37.6. The molecule has 5 aliphatic rings. The summed E-state index contributed by atoms with van der Waals surface area (Å²) in [4.78, 5) is 40.5. The maximum atomic E-state index is 13.7. The fourth-order valence-corrected chi connectivity index (χ4v) is 14.0. The Labute approximate surface area is 341 Å². The van der Waals surface area contributed by atoms with E-state index in [2.05, 4.69) is 34.3 Å². The molecule has 0 radical (unpaired) electrons. The topological polar surface area (TPSA) is 171 Å². The van der Waals surface area contributed by atoms with Gasteiger partial charge in [0.2, 0.25) is 0 Å². The highest BCUT2D eigenvalue weighted by Crippen LogP contribution is 2.77. The van der Waals surface area contributed by atoms with Crippen LogP contribution in [0, 0.1) is 56.7 Å². The summed E-state index contributed by atoms with van der Waals surface area (Å²) in [6, 6.07) is 10.7. The van der Waals surface area contributed by atoms with Gasteiger partial charge in [0.25, 0.3) is 0 Å². The first-order valence-corrected chi connectivity index (χ1v) is 20.9. The standard InChI is InChI=1S/C48H60O10/c1-28(2)32-19-22-47(43(55)56)23-24-48(27-49)33(41(32)47)14-16-38-45(5)26-36(57-39(53)18-11-30-9-15-34(51)35(52)25-30)42(44(3,4)37(45)20-21-46(38,48)6)58-40(54)17-10-29-7-12-31(50)13-8-29/h7-13,15,17-18,25,32-33,36-38,41-42,49-52H,1,14,16,19-24,26-27H2,2-6H3,(H,55,56)/b17-10+,18-11+/t32-,33+,36+,37-,38+,41+,42-,45-,46+,47-,48-/m0/s1. The predicted octanol–water partition coefficient (Wildman–Crippen LogP) is 8.68. The van der Waals surface area contributed by atoms with Crippen molar-refractivity contribution in [3.8, 4) is 17.2 Å². The van der Waals surface area contributed by atoms with Gasteiger partial charge in [0.1, 0.15) is 18.0 Å². The Bertz CT molecular complexity index is 2020. The Morgan fingerprint density at radius 1 is 0.793 bits per heavy atom. The lowest BCUT2D eigenvalue weighted by Gasteiger charge is -2.73. The Morgan fingerprint density at radius 3 is 2.09 bits per heavy atom. The van der Waals surface area contributed by atoms with Crippen LogP contribution in [0.1, 0.15) is 104 Å². The highest BCUT2D eigenvalue weighted by molar-refractivity contribution is 5.88. The van der Waals surface area contributed by atoms with E-state index in [9.17, 15) is 39.9 Å². The quantitative estimate of drug-likeness (QED) is 0.0716. The van der Waals surface area contributed by atoms with E-state index in [1.54, 1.807) is 24.3 Å². The van der Waals surface area contributed by atoms with Crippen molar-refractivity contribution >= 4 is 30.1 Å². The van der Waals surface area contributed by atoms with Gasteiger partial charge in [-0.3, -0.25) is 4.79 Å². The number of aliphatic carboxylic acids is 1. The fraction of sp³-hybridized carbons (Fsp3) is 0.562. The Morgan fingerprint density at radius 2 is 1.45 bits per heavy atom. The molecular weight excluding hydrogens is 737 g/mol. The summed E-state index contributed by atoms with van der Waals surface area (Å²) >= 11 is 0. The number of hydrogen-bond acceptors (Lipinski definition) is 9. The summed E-state index contributed by atoms with van der Waals surface area (Å²) in [5.74, 6) is -2.24. The number of esters is 2. The molecule has 2 aromatic rings. The van der Waals surface area contributed by atoms with Crippen molar-refractivity contribution in [3.63, 3.8) is 0 Å². The first kappa shape index (κ1) is 41.6. The monoisotopic (exact) mass is 796 g/mol. The van der Waals surface area contributed by atoms with Crippen LogP contribution >= 0.6 is 0 Å². The van der Waals surface area contributed by atoms with Crippen LogP contribution in [0.25, 0.3) is 12.2 Å². The fourth-order valence-electron chi connectivity index (χ4n) is 14.0. The number of ether oxygens (including phenoxy) is 2. The van der Waals surface area contributed by atoms with Crippen molar-refractivity contribution in [1.82, 2.24) is 0 Å². The number of aromatic hydroxyl groups is 3. The van der Waals surface area contributed by atoms with Crippen LogP contribution in [0.5, 0.6) is 17.2 Å². The minimum Gasteiger partial charge on any atom is -0.508 e. The molecule has 0 unspecified atom stereocenters. The zero-order valence-electron chi connectivity index (χ0n) is 34.4. The van der Waals surface area contributed by atoms with Gasteiger partial charge in [0.05, 0.1) is 5.41 Å². The largest absolute Gasteiger partial charge is 0.508 e. The van der Waals surface area contributed by atoms with Crippen LogP contribution < -0.4 is 0 Å². The molecule has 0 bridgehead atoms. The van der Waals surface area contributed by atoms with E-state index in [1.165, 1.54) is 42.5 Å². The van der Waals surface area contributed by atoms with Crippen molar-refractivity contribution in [2.45, 2.75) is 105 Å². The highest BCUT2D eigenvalue weighted by atomic mass is 16.6. The lowest BCUT2D eigenvalue weighted by molar-refractivity contribution is -0.277. The Balaban J connectivity index is 1.23. The van der Waals surface area contributed by atoms with Crippen molar-refractivity contribution < 1.29 is 49.4 Å². The number of carbonyl (C=O) groups is 3. The van der Waals surface area contributed by atoms with Gasteiger partial charge in [-0.1, -0.05) is 58.0 Å². The summed E-state index contributed by atoms with van der Waals surface area (Å²) < 4.78 is 12.6. The van der Waals surface area contributed by atoms with E-state index < -0.39 is 51.8 Å². The number of aliphatic hydroxyl groups excluding tert-OH is 1. The second-order valence-electron chi connectivity index (χ2n) is 19.4. The molecule has 5 saturated carbocycles. The maximum absolute atomic E-state index is 13.7. The number of allylic oxidation sites excluding steroid dienone is 1. The Hall–Kier alpha value is -4.57. The molecular formula is C48H60O10. The molecule has 312 valence electrons. The third-order valence-corrected chi connectivity index (χ3v) is 16.5. The zero-order valence-corrected chi connectivity index (χ0v) is 34.4. The SMILES string of the molecule is C=C(C)[C@@H]1CC[C@]2(C(=O)O)CC[C@]3(CO)[C@H](CC[C@@H]4[C@@]5(C)C[C@@H](OC(=O)/C=C/c6ccc(O)c(O)c6)[C@H](OC(=O)/C=C/c6ccc(O)cc6)C(C)(C)[C@@H]5CC[C@]43C)[C@@H]12. The second-order valence-corrected chi connectivity index (χ2v) is 19.4. The minimum atomic E-state index is -0.827. The summed E-state index contributed by atoms with van der Waals surface area (Å²) in [6.07, 6.45) is 10.4. The van der Waals surface area contributed by atoms with Gasteiger partial charge >= 0.3 is 17.9 Å². The smallest absolute Gasteiger partial charge is 0.331 e. The van der Waals surface area contributed by atoms with Crippen LogP contribution in [-0.4, -0.2) is 62.3 Å². The number of hydrogen-bond donors (Lipinski definition) is 5. The molecule has 0 aromatic heterocycles. The van der Waals surface area contributed by atoms with Gasteiger partial charge in [0, 0.05) is 29.6 Å². The number of benzene rings is 2. The van der Waals surface area contributed by atoms with E-state index in [1.807, 2.05) is 6.92 Å². The molecule has 0 aliphatic heterocycles. The van der Waals surface area contributed by atoms with E-state index in [-0.39, 0.29) is 58.9 Å². The van der Waals surface area contributed by atoms with Crippen LogP contribution in [0.15, 0.2) is 66.8 Å². The third kappa shape index (κ3) is 6.54. The molecule has 10 nitrogen and oxygen atoms in total. The van der Waals surface area contributed by atoms with Crippen molar-refractivity contribution in [3.05, 3.63) is 77.9 Å². The zero-order chi connectivity index (χ0) is 42.0. The molecule has 5 aliphatic carbocycles. The van der Waals surface area contributed by atoms with Crippen molar-refractivity contribution in [1.29, 1.82) is 0 Å². The molecule has 5 N–H and O–H groups in total. The van der Waals surface area contributed by atoms with Crippen molar-refractivity contribution in [2.75, 3.05) is 6.61 Å². The van der Waals surface area contributed by atoms with Crippen LogP contribution in [-0.2, 0) is 23.9 Å². The molecule has 58 heavy (non-hydrogen) atoms. The van der Waals surface area contributed by atoms with E-state index >= 15 is 0 Å². The molecule has 10 heteroatoms. The van der Waals surface area contributed by atoms with E-state index in [0.717, 1.165) is 37.7 Å². The first-order valence-electron chi connectivity index (χ1n) is 20.9. The lowest BCUT2D eigenvalue weighted by Crippen LogP contribution is -2.70. The molecule has 0 amide bonds. The van der Waals surface area contributed by atoms with E-state index in [4.69, 9.17) is 9.47 Å². The number of fused-ring (bicyclic) bond motifs is 7. The molecule has 7 rings (SSSR count). The molecule has 0 heterocycles. The first-order chi connectivity index (χ1) is 27.3. The van der Waals surface area contributed by atoms with Crippen LogP contribution in [0.3, 0.4) is 0 Å². The number of phenolic OH excluding ortho intramolecular Hbond substituents is 3. The average molecular weight is 797 g/mol. The van der Waals surface area contributed by atoms with Gasteiger partial charge in [-0.25, -0.2) is 9.59 Å². The summed E-state index contributed by atoms with van der Waals surface area (Å²) in [7, 11) is 0. The summed E-state index contributed by atoms with van der Waals surface area (Å²) in [6.45, 7) is 15.2. The molecule has 0 saturated heterocycles. The summed E-state index contributed by atoms with van der Waals surface area (Å²) in [5.41, 5.74) is -0.506. The number of carbonyl (C=O) groups excluding carboxylic acids is 2. The van der Waals surface area contributed by atoms with Crippen molar-refractivity contribution in [2.24, 2.45) is 56.7 Å². The van der Waals surface area contributed by atoms with Gasteiger partial charge in [-0.2, -0.15) is 0 Å². The number of aliphatic hydroxyl groups is 1. The summed E-state index contributed by atoms with van der Waals surface area (Å²) in [5, 5.41) is 52.0. The maximum Gasteiger partial charge on any atom is 0.331 e. The van der Waals surface area contributed by atoms with Crippen LogP contribution in [0.4, 0.5) is 0 Å². The number of carboxylic acid groups (broad SMARTS) is 1. The second kappa shape index (κ2) is 14.9. The molecule has 0 spiro atoms. The molecule has 2 aromatic carbocycles. The predicted molar refractivity (Wildman–Crippen MR) is 219 cm³/mol.